The van der Waals surface area contributed by atoms with Crippen molar-refractivity contribution in [3.8, 4) is 0 Å². The molecular formula is C22H24F7NO3S. The number of hydrogen-bond acceptors (Lipinski definition) is 4. The number of halogens is 7. The minimum atomic E-state index is -4.77. The number of Topliss-reactive ketones (excluding diaryl/α,β-unsaturated/α-hetero) is 1. The van der Waals surface area contributed by atoms with Crippen LogP contribution in [0.5, 0.6) is 0 Å². The molecule has 0 spiro atoms. The van der Waals surface area contributed by atoms with Gasteiger partial charge in [0.2, 0.25) is 0 Å². The van der Waals surface area contributed by atoms with Gasteiger partial charge in [0.15, 0.2) is 15.6 Å². The smallest absolute Gasteiger partial charge is 0.294 e. The molecule has 4 nitrogen and oxygen atoms in total. The van der Waals surface area contributed by atoms with Gasteiger partial charge in [0, 0.05) is 11.8 Å². The second-order valence-corrected chi connectivity index (χ2v) is 9.87. The first kappa shape index (κ1) is 29.5. The van der Waals surface area contributed by atoms with Gasteiger partial charge in [-0.15, -0.1) is 0 Å². The van der Waals surface area contributed by atoms with E-state index in [4.69, 9.17) is 0 Å². The lowest BCUT2D eigenvalue weighted by atomic mass is 9.83. The lowest BCUT2D eigenvalue weighted by Crippen LogP contribution is -2.35. The monoisotopic (exact) mass is 515 g/mol. The Labute approximate surface area is 193 Å². The molecule has 1 aliphatic rings. The molecule has 0 aliphatic heterocycles. The highest BCUT2D eigenvalue weighted by molar-refractivity contribution is 7.92. The Hall–Kier alpha value is -2.50. The fourth-order valence-corrected chi connectivity index (χ4v) is 4.88. The van der Waals surface area contributed by atoms with Gasteiger partial charge in [0.05, 0.1) is 15.7 Å². The van der Waals surface area contributed by atoms with Crippen molar-refractivity contribution >= 4 is 21.3 Å². The third-order valence-electron chi connectivity index (χ3n) is 5.17. The van der Waals surface area contributed by atoms with E-state index in [1.807, 2.05) is 6.92 Å². The van der Waals surface area contributed by atoms with E-state index in [2.05, 4.69) is 11.6 Å². The van der Waals surface area contributed by atoms with Crippen LogP contribution in [-0.4, -0.2) is 31.3 Å². The van der Waals surface area contributed by atoms with Crippen LogP contribution >= 0.6 is 0 Å². The summed E-state index contributed by atoms with van der Waals surface area (Å²) in [4.78, 5) is 13.3. The zero-order valence-electron chi connectivity index (χ0n) is 18.6. The molecule has 1 aromatic carbocycles. The Balaban J connectivity index is 0.000000365. The van der Waals surface area contributed by atoms with E-state index in [0.29, 0.717) is 31.0 Å². The molecule has 1 fully saturated rings. The summed E-state index contributed by atoms with van der Waals surface area (Å²) >= 11 is 0. The van der Waals surface area contributed by atoms with Gasteiger partial charge in [-0.2, -0.15) is 26.3 Å². The summed E-state index contributed by atoms with van der Waals surface area (Å²) in [7, 11) is -3.89. The van der Waals surface area contributed by atoms with Crippen LogP contribution in [0.3, 0.4) is 0 Å². The van der Waals surface area contributed by atoms with E-state index in [9.17, 15) is 43.9 Å². The van der Waals surface area contributed by atoms with E-state index in [-0.39, 0.29) is 17.3 Å². The molecule has 34 heavy (non-hydrogen) atoms. The quantitative estimate of drug-likeness (QED) is 0.189. The summed E-state index contributed by atoms with van der Waals surface area (Å²) in [6, 6.07) is 1.47. The molecule has 2 rings (SSSR count). The number of rotatable bonds is 6. The maximum absolute atomic E-state index is 13.3. The number of benzene rings is 1. The van der Waals surface area contributed by atoms with E-state index < -0.39 is 49.4 Å². The van der Waals surface area contributed by atoms with Gasteiger partial charge in [-0.1, -0.05) is 26.0 Å². The van der Waals surface area contributed by atoms with Gasteiger partial charge in [-0.25, -0.2) is 12.8 Å². The van der Waals surface area contributed by atoms with Crippen LogP contribution < -0.4 is 0 Å². The third-order valence-corrected chi connectivity index (χ3v) is 7.33. The minimum Gasteiger partial charge on any atom is -0.294 e. The van der Waals surface area contributed by atoms with Gasteiger partial charge in [-0.3, -0.25) is 9.79 Å². The highest BCUT2D eigenvalue weighted by Gasteiger charge is 2.40. The molecule has 12 heteroatoms. The zero-order valence-corrected chi connectivity index (χ0v) is 19.4. The maximum atomic E-state index is 13.3. The minimum absolute atomic E-state index is 0.0496. The van der Waals surface area contributed by atoms with Crippen molar-refractivity contribution in [2.45, 2.75) is 62.5 Å². The lowest BCUT2D eigenvalue weighted by molar-refractivity contribution is -0.138. The average Bonchev–Trinajstić information content (AvgIpc) is 2.65. The molecular weight excluding hydrogens is 491 g/mol. The van der Waals surface area contributed by atoms with Gasteiger partial charge in [0.1, 0.15) is 11.5 Å². The number of carbonyl (C=O) groups is 1. The maximum Gasteiger partial charge on any atom is 0.429 e. The van der Waals surface area contributed by atoms with Crippen molar-refractivity contribution in [2.24, 2.45) is 10.9 Å². The fraction of sp³-hybridized carbons (Fsp3) is 0.455. The molecule has 0 heterocycles. The third kappa shape index (κ3) is 8.07. The van der Waals surface area contributed by atoms with Crippen molar-refractivity contribution in [1.29, 1.82) is 0 Å². The number of aliphatic imine (C=N–C) groups is 1. The number of nitrogens with zero attached hydrogens (tertiary/aromatic N) is 1. The van der Waals surface area contributed by atoms with Crippen molar-refractivity contribution in [3.05, 3.63) is 54.0 Å². The molecule has 0 saturated heterocycles. The van der Waals surface area contributed by atoms with Gasteiger partial charge >= 0.3 is 12.4 Å². The van der Waals surface area contributed by atoms with Crippen LogP contribution in [0.15, 0.2) is 52.5 Å². The predicted octanol–water partition coefficient (Wildman–Crippen LogP) is 6.48. The topological polar surface area (TPSA) is 63.6 Å². The van der Waals surface area contributed by atoms with Crippen LogP contribution in [-0.2, 0) is 20.8 Å². The van der Waals surface area contributed by atoms with E-state index in [1.54, 1.807) is 0 Å². The Bertz CT molecular complexity index is 1060. The molecule has 0 unspecified atom stereocenters. The summed E-state index contributed by atoms with van der Waals surface area (Å²) in [6.07, 6.45) is -5.51. The molecule has 0 radical (unpaired) electrons. The predicted molar refractivity (Wildman–Crippen MR) is 114 cm³/mol. The first-order valence-electron chi connectivity index (χ1n) is 10.00. The summed E-state index contributed by atoms with van der Waals surface area (Å²) < 4.78 is 111. The Morgan fingerprint density at radius 2 is 1.68 bits per heavy atom. The molecule has 0 bridgehead atoms. The fourth-order valence-electron chi connectivity index (χ4n) is 2.87. The van der Waals surface area contributed by atoms with Crippen molar-refractivity contribution in [2.75, 3.05) is 0 Å². The Kier molecular flexibility index (Phi) is 9.80. The standard InChI is InChI=1S/C13H14F4O2S.C9H10F3NO/c1-2-8-3-11(4-8)20(18,19)12-6-9(13(15,16)17)5-10(14)7-12;1-4-8(6(2)14)5-13-7(3)9(10,11)12/h5-8,11H,2-4H2,1H3;4-5H,1H2,2-3H3/b;8-5+,13-7?. The number of carbonyl (C=O) groups excluding carboxylic acids is 1. The van der Waals surface area contributed by atoms with Crippen molar-refractivity contribution < 1.29 is 43.9 Å². The molecule has 1 aliphatic carbocycles. The Morgan fingerprint density at radius 1 is 1.12 bits per heavy atom. The van der Waals surface area contributed by atoms with E-state index in [0.717, 1.165) is 25.6 Å². The molecule has 0 amide bonds. The molecule has 0 aromatic heterocycles. The lowest BCUT2D eigenvalue weighted by Gasteiger charge is -2.34. The van der Waals surface area contributed by atoms with Crippen LogP contribution in [0.2, 0.25) is 0 Å². The molecule has 0 N–H and O–H groups in total. The van der Waals surface area contributed by atoms with Crippen LogP contribution in [0.4, 0.5) is 30.7 Å². The van der Waals surface area contributed by atoms with Crippen molar-refractivity contribution in [3.63, 3.8) is 0 Å². The van der Waals surface area contributed by atoms with Crippen LogP contribution in [0.25, 0.3) is 0 Å². The Morgan fingerprint density at radius 3 is 2.09 bits per heavy atom. The summed E-state index contributed by atoms with van der Waals surface area (Å²) in [5.41, 5.74) is -2.23. The van der Waals surface area contributed by atoms with Gasteiger partial charge < -0.3 is 0 Å². The first-order valence-corrected chi connectivity index (χ1v) is 11.5. The zero-order chi connectivity index (χ0) is 26.5. The molecule has 0 atom stereocenters. The van der Waals surface area contributed by atoms with E-state index in [1.165, 1.54) is 6.92 Å². The van der Waals surface area contributed by atoms with Gasteiger partial charge in [-0.05, 0) is 50.8 Å². The summed E-state index contributed by atoms with van der Waals surface area (Å²) in [6.45, 7) is 7.27. The highest BCUT2D eigenvalue weighted by atomic mass is 32.2. The second-order valence-electron chi connectivity index (χ2n) is 7.64. The molecule has 1 saturated carbocycles. The highest BCUT2D eigenvalue weighted by Crippen LogP contribution is 2.39. The SMILES string of the molecule is C=C/C(=C\N=C(C)C(F)(F)F)C(C)=O.CCC1CC(S(=O)(=O)c2cc(F)cc(C(F)(F)F)c2)C1. The number of sulfone groups is 1. The van der Waals surface area contributed by atoms with Gasteiger partial charge in [0.25, 0.3) is 0 Å². The number of ketones is 1. The average molecular weight is 515 g/mol. The number of alkyl halides is 6. The van der Waals surface area contributed by atoms with Crippen LogP contribution in [0.1, 0.15) is 45.6 Å². The number of hydrogen-bond donors (Lipinski definition) is 0. The summed E-state index contributed by atoms with van der Waals surface area (Å²) in [5, 5.41) is -0.699. The number of allylic oxidation sites excluding steroid dienone is 2. The first-order chi connectivity index (χ1) is 15.4. The van der Waals surface area contributed by atoms with E-state index >= 15 is 0 Å². The summed E-state index contributed by atoms with van der Waals surface area (Å²) in [5.74, 6) is -1.28. The molecule has 1 aromatic rings. The van der Waals surface area contributed by atoms with Crippen molar-refractivity contribution in [1.82, 2.24) is 0 Å². The largest absolute Gasteiger partial charge is 0.429 e. The second kappa shape index (κ2) is 11.3. The molecule has 190 valence electrons. The normalized spacial score (nSPS) is 19.6. The van der Waals surface area contributed by atoms with Crippen LogP contribution in [0, 0.1) is 11.7 Å².